The number of aromatic nitrogens is 2. The Morgan fingerprint density at radius 1 is 1.40 bits per heavy atom. The summed E-state index contributed by atoms with van der Waals surface area (Å²) in [5, 5.41) is 12.2. The van der Waals surface area contributed by atoms with Gasteiger partial charge < -0.3 is 20.7 Å². The number of carbonyl (C=O) groups is 1. The molecule has 2 aliphatic rings. The maximum atomic E-state index is 11.7. The SMILES string of the molecule is CC(C)(C)OC(=O)N[C@H]1[C@@H]2CN(c3nnc(N)s3)C[C@@H]21. The lowest BCUT2D eigenvalue weighted by Crippen LogP contribution is -2.38. The molecule has 0 bridgehead atoms. The lowest BCUT2D eigenvalue weighted by molar-refractivity contribution is 0.0518. The molecule has 1 aliphatic heterocycles. The molecule has 3 rings (SSSR count). The summed E-state index contributed by atoms with van der Waals surface area (Å²) < 4.78 is 5.27. The van der Waals surface area contributed by atoms with Gasteiger partial charge in [0.25, 0.3) is 0 Å². The molecule has 7 nitrogen and oxygen atoms in total. The molecule has 1 aromatic heterocycles. The lowest BCUT2D eigenvalue weighted by atomic mass is 10.2. The molecule has 0 spiro atoms. The van der Waals surface area contributed by atoms with Gasteiger partial charge >= 0.3 is 6.09 Å². The molecule has 2 heterocycles. The van der Waals surface area contributed by atoms with Gasteiger partial charge in [0.2, 0.25) is 10.3 Å². The van der Waals surface area contributed by atoms with Crippen molar-refractivity contribution in [1.82, 2.24) is 15.5 Å². The molecule has 0 unspecified atom stereocenters. The molecule has 0 aromatic carbocycles. The van der Waals surface area contributed by atoms with E-state index >= 15 is 0 Å². The minimum Gasteiger partial charge on any atom is -0.444 e. The van der Waals surface area contributed by atoms with Crippen molar-refractivity contribution in [3.8, 4) is 0 Å². The Morgan fingerprint density at radius 2 is 2.05 bits per heavy atom. The minimum atomic E-state index is -0.454. The van der Waals surface area contributed by atoms with Crippen molar-refractivity contribution in [3.05, 3.63) is 0 Å². The van der Waals surface area contributed by atoms with Gasteiger partial charge in [0.05, 0.1) is 0 Å². The maximum absolute atomic E-state index is 11.7. The van der Waals surface area contributed by atoms with Gasteiger partial charge in [-0.25, -0.2) is 4.79 Å². The summed E-state index contributed by atoms with van der Waals surface area (Å²) in [5.41, 5.74) is 5.13. The Labute approximate surface area is 121 Å². The Bertz CT molecular complexity index is 514. The van der Waals surface area contributed by atoms with Gasteiger partial charge in [-0.3, -0.25) is 0 Å². The monoisotopic (exact) mass is 297 g/mol. The smallest absolute Gasteiger partial charge is 0.407 e. The number of amides is 1. The highest BCUT2D eigenvalue weighted by Gasteiger charge is 2.57. The molecule has 1 saturated carbocycles. The first kappa shape index (κ1) is 13.4. The summed E-state index contributed by atoms with van der Waals surface area (Å²) in [6.45, 7) is 7.37. The van der Waals surface area contributed by atoms with Crippen molar-refractivity contribution in [2.45, 2.75) is 32.4 Å². The van der Waals surface area contributed by atoms with E-state index < -0.39 is 5.60 Å². The number of carbonyl (C=O) groups excluding carboxylic acids is 1. The van der Waals surface area contributed by atoms with Crippen molar-refractivity contribution in [3.63, 3.8) is 0 Å². The number of alkyl carbamates (subject to hydrolysis) is 1. The topological polar surface area (TPSA) is 93.4 Å². The highest BCUT2D eigenvalue weighted by atomic mass is 32.1. The number of ether oxygens (including phenoxy) is 1. The summed E-state index contributed by atoms with van der Waals surface area (Å²) in [4.78, 5) is 13.9. The van der Waals surface area contributed by atoms with Crippen LogP contribution in [0.3, 0.4) is 0 Å². The second-order valence-electron chi connectivity index (χ2n) is 6.33. The second-order valence-corrected chi connectivity index (χ2v) is 7.32. The molecule has 1 aliphatic carbocycles. The van der Waals surface area contributed by atoms with Crippen LogP contribution >= 0.6 is 11.3 Å². The van der Waals surface area contributed by atoms with E-state index in [4.69, 9.17) is 10.5 Å². The summed E-state index contributed by atoms with van der Waals surface area (Å²) in [6, 6.07) is 0.228. The minimum absolute atomic E-state index is 0.228. The van der Waals surface area contributed by atoms with Gasteiger partial charge in [0.1, 0.15) is 5.60 Å². The number of nitrogen functional groups attached to an aromatic ring is 1. The number of piperidine rings is 1. The molecule has 0 radical (unpaired) electrons. The predicted octanol–water partition coefficient (Wildman–Crippen LogP) is 1.08. The van der Waals surface area contributed by atoms with Gasteiger partial charge in [-0.1, -0.05) is 11.3 Å². The van der Waals surface area contributed by atoms with Crippen LogP contribution in [0, 0.1) is 11.8 Å². The first-order valence-corrected chi connectivity index (χ1v) is 7.48. The number of hydrogen-bond donors (Lipinski definition) is 2. The third-order valence-corrected chi connectivity index (χ3v) is 4.39. The third-order valence-electron chi connectivity index (χ3n) is 3.58. The first-order chi connectivity index (χ1) is 9.33. The number of anilines is 2. The normalized spacial score (nSPS) is 28.1. The van der Waals surface area contributed by atoms with Crippen LogP contribution in [-0.4, -0.2) is 41.0 Å². The van der Waals surface area contributed by atoms with Crippen LogP contribution < -0.4 is 16.0 Å². The number of nitrogens with zero attached hydrogens (tertiary/aromatic N) is 3. The van der Waals surface area contributed by atoms with Crippen molar-refractivity contribution in [2.75, 3.05) is 23.7 Å². The highest BCUT2D eigenvalue weighted by molar-refractivity contribution is 7.18. The zero-order valence-corrected chi connectivity index (χ0v) is 12.6. The van der Waals surface area contributed by atoms with E-state index in [0.29, 0.717) is 17.0 Å². The van der Waals surface area contributed by atoms with Crippen LogP contribution in [-0.2, 0) is 4.74 Å². The lowest BCUT2D eigenvalue weighted by Gasteiger charge is -2.21. The van der Waals surface area contributed by atoms with E-state index in [1.165, 1.54) is 11.3 Å². The predicted molar refractivity (Wildman–Crippen MR) is 76.7 cm³/mol. The molecule has 3 atom stereocenters. The molecule has 8 heteroatoms. The Morgan fingerprint density at radius 3 is 2.55 bits per heavy atom. The van der Waals surface area contributed by atoms with Crippen LogP contribution in [0.15, 0.2) is 0 Å². The molecule has 110 valence electrons. The summed E-state index contributed by atoms with van der Waals surface area (Å²) in [6.07, 6.45) is -0.330. The third kappa shape index (κ3) is 2.65. The maximum Gasteiger partial charge on any atom is 0.407 e. The van der Waals surface area contributed by atoms with Crippen LogP contribution in [0.5, 0.6) is 0 Å². The van der Waals surface area contributed by atoms with Gasteiger partial charge in [0, 0.05) is 31.0 Å². The zero-order valence-electron chi connectivity index (χ0n) is 11.8. The Kier molecular flexibility index (Phi) is 3.00. The number of nitrogens with one attached hydrogen (secondary N) is 1. The van der Waals surface area contributed by atoms with E-state index in [2.05, 4.69) is 20.4 Å². The van der Waals surface area contributed by atoms with Crippen LogP contribution in [0.25, 0.3) is 0 Å². The summed E-state index contributed by atoms with van der Waals surface area (Å²) in [5.74, 6) is 0.959. The molecular weight excluding hydrogens is 278 g/mol. The highest BCUT2D eigenvalue weighted by Crippen LogP contribution is 2.47. The van der Waals surface area contributed by atoms with Crippen LogP contribution in [0.1, 0.15) is 20.8 Å². The van der Waals surface area contributed by atoms with Gasteiger partial charge in [-0.05, 0) is 20.8 Å². The largest absolute Gasteiger partial charge is 0.444 e. The number of rotatable bonds is 2. The average Bonchev–Trinajstić information content (AvgIpc) is 2.72. The van der Waals surface area contributed by atoms with Crippen LogP contribution in [0.2, 0.25) is 0 Å². The fourth-order valence-corrected chi connectivity index (χ4v) is 3.32. The molecular formula is C12H19N5O2S. The summed E-state index contributed by atoms with van der Waals surface area (Å²) >= 11 is 1.40. The van der Waals surface area contributed by atoms with Crippen molar-refractivity contribution in [1.29, 1.82) is 0 Å². The Hall–Kier alpha value is -1.57. The molecule has 1 aromatic rings. The van der Waals surface area contributed by atoms with E-state index in [0.717, 1.165) is 18.2 Å². The van der Waals surface area contributed by atoms with Gasteiger partial charge in [-0.2, -0.15) is 0 Å². The van der Waals surface area contributed by atoms with E-state index in [9.17, 15) is 4.79 Å². The van der Waals surface area contributed by atoms with E-state index in [-0.39, 0.29) is 12.1 Å². The molecule has 2 fully saturated rings. The summed E-state index contributed by atoms with van der Waals surface area (Å²) in [7, 11) is 0. The second kappa shape index (κ2) is 4.47. The molecule has 20 heavy (non-hydrogen) atoms. The Balaban J connectivity index is 1.49. The first-order valence-electron chi connectivity index (χ1n) is 6.67. The van der Waals surface area contributed by atoms with E-state index in [1.807, 2.05) is 20.8 Å². The fourth-order valence-electron chi connectivity index (χ4n) is 2.69. The van der Waals surface area contributed by atoms with Crippen molar-refractivity contribution in [2.24, 2.45) is 11.8 Å². The average molecular weight is 297 g/mol. The number of nitrogens with two attached hydrogens (primary N) is 1. The molecule has 1 saturated heterocycles. The fraction of sp³-hybridized carbons (Fsp3) is 0.750. The number of hydrogen-bond acceptors (Lipinski definition) is 7. The van der Waals surface area contributed by atoms with E-state index in [1.54, 1.807) is 0 Å². The quantitative estimate of drug-likeness (QED) is 0.848. The van der Waals surface area contributed by atoms with Crippen molar-refractivity contribution < 1.29 is 9.53 Å². The zero-order chi connectivity index (χ0) is 14.5. The standard InChI is InChI=1S/C12H19N5O2S/c1-12(2,3)19-11(18)14-8-6-4-17(5-7(6)8)10-16-15-9(13)20-10/h6-8H,4-5H2,1-3H3,(H2,13,15)(H,14,18)/t6-,7+,8+. The van der Waals surface area contributed by atoms with Crippen molar-refractivity contribution >= 4 is 27.7 Å². The molecule has 3 N–H and O–H groups in total. The van der Waals surface area contributed by atoms with Gasteiger partial charge in [0.15, 0.2) is 0 Å². The van der Waals surface area contributed by atoms with Gasteiger partial charge in [-0.15, -0.1) is 10.2 Å². The van der Waals surface area contributed by atoms with Crippen LogP contribution in [0.4, 0.5) is 15.1 Å². The molecule has 1 amide bonds. The number of fused-ring (bicyclic) bond motifs is 1.